The van der Waals surface area contributed by atoms with Gasteiger partial charge in [0.05, 0.1) is 0 Å². The summed E-state index contributed by atoms with van der Waals surface area (Å²) in [7, 11) is 0. The molecule has 5 heteroatoms. The molecule has 1 saturated carbocycles. The van der Waals surface area contributed by atoms with E-state index in [1.165, 1.54) is 0 Å². The van der Waals surface area contributed by atoms with Gasteiger partial charge in [-0.3, -0.25) is 19.8 Å². The van der Waals surface area contributed by atoms with E-state index in [1.807, 2.05) is 0 Å². The molecule has 2 rings (SSSR count). The van der Waals surface area contributed by atoms with Crippen LogP contribution in [0.2, 0.25) is 0 Å². The molecule has 0 unspecified atom stereocenters. The van der Waals surface area contributed by atoms with Crippen molar-refractivity contribution in [1.29, 1.82) is 0 Å². The van der Waals surface area contributed by atoms with Crippen molar-refractivity contribution in [2.75, 3.05) is 6.54 Å². The van der Waals surface area contributed by atoms with Gasteiger partial charge in [0.15, 0.2) is 0 Å². The number of nitrogens with one attached hydrogen (secondary N) is 1. The Morgan fingerprint density at radius 2 is 2.06 bits per heavy atom. The van der Waals surface area contributed by atoms with Crippen LogP contribution >= 0.6 is 0 Å². The predicted molar refractivity (Wildman–Crippen MR) is 55.0 cm³/mol. The lowest BCUT2D eigenvalue weighted by atomic mass is 10.0. The van der Waals surface area contributed by atoms with Crippen molar-refractivity contribution in [2.24, 2.45) is 5.41 Å². The summed E-state index contributed by atoms with van der Waals surface area (Å²) in [5.41, 5.74) is -0.940. The highest BCUT2D eigenvalue weighted by Gasteiger charge is 2.61. The first-order valence-electron chi connectivity index (χ1n) is 5.23. The average Bonchev–Trinajstić information content (AvgIpc) is 3.02. The Kier molecular flexibility index (Phi) is 2.43. The largest absolute Gasteiger partial charge is 0.330 e. The molecule has 0 radical (unpaired) electrons. The summed E-state index contributed by atoms with van der Waals surface area (Å²) in [5.74, 6) is 1.63. The van der Waals surface area contributed by atoms with E-state index in [0.29, 0.717) is 25.7 Å². The molecular formula is C11H12N2O3. The van der Waals surface area contributed by atoms with Crippen LogP contribution in [0.25, 0.3) is 0 Å². The molecule has 0 aromatic rings. The van der Waals surface area contributed by atoms with Crippen LogP contribution in [0.1, 0.15) is 25.7 Å². The zero-order chi connectivity index (χ0) is 11.8. The van der Waals surface area contributed by atoms with Gasteiger partial charge < -0.3 is 0 Å². The Morgan fingerprint density at radius 3 is 2.62 bits per heavy atom. The van der Waals surface area contributed by atoms with Crippen LogP contribution in [0.5, 0.6) is 0 Å². The Morgan fingerprint density at radius 1 is 1.38 bits per heavy atom. The maximum atomic E-state index is 11.9. The molecular weight excluding hydrogens is 208 g/mol. The normalized spacial score (nSPS) is 21.9. The number of carbonyl (C=O) groups is 3. The van der Waals surface area contributed by atoms with E-state index in [1.54, 1.807) is 0 Å². The average molecular weight is 220 g/mol. The van der Waals surface area contributed by atoms with E-state index in [4.69, 9.17) is 6.42 Å². The van der Waals surface area contributed by atoms with Gasteiger partial charge in [-0.2, -0.15) is 0 Å². The minimum atomic E-state index is -0.940. The van der Waals surface area contributed by atoms with E-state index in [0.717, 1.165) is 4.90 Å². The van der Waals surface area contributed by atoms with Crippen LogP contribution in [-0.2, 0) is 9.59 Å². The highest BCUT2D eigenvalue weighted by atomic mass is 16.2. The number of amides is 4. The van der Waals surface area contributed by atoms with Gasteiger partial charge in [0.2, 0.25) is 11.8 Å². The van der Waals surface area contributed by atoms with E-state index in [-0.39, 0.29) is 12.5 Å². The SMILES string of the molecule is C#CCCCN1C(=O)NC(=O)C2(CC2)C1=O. The Labute approximate surface area is 93.2 Å². The molecule has 2 fully saturated rings. The molecule has 0 bridgehead atoms. The number of nitrogens with zero attached hydrogens (tertiary/aromatic N) is 1. The van der Waals surface area contributed by atoms with Crippen molar-refractivity contribution >= 4 is 17.8 Å². The molecule has 1 N–H and O–H groups in total. The summed E-state index contributed by atoms with van der Waals surface area (Å²) in [6.07, 6.45) is 7.25. The molecule has 1 heterocycles. The highest BCUT2D eigenvalue weighted by Crippen LogP contribution is 2.48. The Bertz CT molecular complexity index is 404. The van der Waals surface area contributed by atoms with Gasteiger partial charge in [0, 0.05) is 13.0 Å². The standard InChI is InChI=1S/C11H12N2O3/c1-2-3-4-7-13-9(15)11(5-6-11)8(14)12-10(13)16/h1H,3-7H2,(H,12,14,16). The summed E-state index contributed by atoms with van der Waals surface area (Å²) < 4.78 is 0. The topological polar surface area (TPSA) is 66.5 Å². The van der Waals surface area contributed by atoms with Crippen LogP contribution in [-0.4, -0.2) is 29.3 Å². The van der Waals surface area contributed by atoms with Crippen LogP contribution < -0.4 is 5.32 Å². The van der Waals surface area contributed by atoms with Gasteiger partial charge in [-0.25, -0.2) is 4.79 Å². The monoisotopic (exact) mass is 220 g/mol. The van der Waals surface area contributed by atoms with Crippen molar-refractivity contribution in [1.82, 2.24) is 10.2 Å². The second-order valence-corrected chi connectivity index (χ2v) is 4.11. The fourth-order valence-electron chi connectivity index (χ4n) is 1.84. The summed E-state index contributed by atoms with van der Waals surface area (Å²) in [4.78, 5) is 35.9. The molecule has 1 aliphatic carbocycles. The Hall–Kier alpha value is -1.83. The van der Waals surface area contributed by atoms with E-state index >= 15 is 0 Å². The smallest absolute Gasteiger partial charge is 0.277 e. The second-order valence-electron chi connectivity index (χ2n) is 4.11. The van der Waals surface area contributed by atoms with Gasteiger partial charge >= 0.3 is 6.03 Å². The van der Waals surface area contributed by atoms with Crippen molar-refractivity contribution in [3.63, 3.8) is 0 Å². The highest BCUT2D eigenvalue weighted by molar-refractivity contribution is 6.20. The number of unbranched alkanes of at least 4 members (excludes halogenated alkanes) is 1. The van der Waals surface area contributed by atoms with E-state index in [9.17, 15) is 14.4 Å². The van der Waals surface area contributed by atoms with Crippen LogP contribution in [0.4, 0.5) is 4.79 Å². The first kappa shape index (κ1) is 10.7. The van der Waals surface area contributed by atoms with Crippen molar-refractivity contribution in [3.05, 3.63) is 0 Å². The number of barbiturate groups is 1. The number of hydrogen-bond donors (Lipinski definition) is 1. The summed E-state index contributed by atoms with van der Waals surface area (Å²) in [6, 6.07) is -0.621. The molecule has 5 nitrogen and oxygen atoms in total. The van der Waals surface area contributed by atoms with Crippen molar-refractivity contribution < 1.29 is 14.4 Å². The fourth-order valence-corrected chi connectivity index (χ4v) is 1.84. The maximum absolute atomic E-state index is 11.9. The lowest BCUT2D eigenvalue weighted by molar-refractivity contribution is -0.144. The number of imide groups is 2. The van der Waals surface area contributed by atoms with Gasteiger partial charge in [-0.05, 0) is 19.3 Å². The number of hydrogen-bond acceptors (Lipinski definition) is 3. The molecule has 1 saturated heterocycles. The lowest BCUT2D eigenvalue weighted by Crippen LogP contribution is -2.59. The van der Waals surface area contributed by atoms with Crippen LogP contribution in [0, 0.1) is 17.8 Å². The zero-order valence-corrected chi connectivity index (χ0v) is 8.78. The molecule has 0 aromatic heterocycles. The summed E-state index contributed by atoms with van der Waals surface area (Å²) in [6.45, 7) is 0.282. The minimum Gasteiger partial charge on any atom is -0.277 e. The van der Waals surface area contributed by atoms with Crippen molar-refractivity contribution in [3.8, 4) is 12.3 Å². The molecule has 0 aromatic carbocycles. The first-order valence-corrected chi connectivity index (χ1v) is 5.23. The van der Waals surface area contributed by atoms with Gasteiger partial charge in [-0.1, -0.05) is 0 Å². The third-order valence-electron chi connectivity index (χ3n) is 3.01. The van der Waals surface area contributed by atoms with Crippen LogP contribution in [0.3, 0.4) is 0 Å². The molecule has 0 atom stereocenters. The first-order chi connectivity index (χ1) is 7.62. The molecule has 1 spiro atoms. The quantitative estimate of drug-likeness (QED) is 0.421. The predicted octanol–water partition coefficient (Wildman–Crippen LogP) is 0.258. The summed E-state index contributed by atoms with van der Waals surface area (Å²) >= 11 is 0. The fraction of sp³-hybridized carbons (Fsp3) is 0.545. The number of terminal acetylenes is 1. The van der Waals surface area contributed by atoms with Gasteiger partial charge in [0.25, 0.3) is 0 Å². The molecule has 4 amide bonds. The molecule has 2 aliphatic rings. The number of urea groups is 1. The lowest BCUT2D eigenvalue weighted by Gasteiger charge is -2.29. The Balaban J connectivity index is 2.07. The van der Waals surface area contributed by atoms with Gasteiger partial charge in [-0.15, -0.1) is 12.3 Å². The number of rotatable bonds is 3. The zero-order valence-electron chi connectivity index (χ0n) is 8.78. The molecule has 84 valence electrons. The van der Waals surface area contributed by atoms with E-state index in [2.05, 4.69) is 11.2 Å². The molecule has 1 aliphatic heterocycles. The third-order valence-corrected chi connectivity index (χ3v) is 3.01. The van der Waals surface area contributed by atoms with Crippen LogP contribution in [0.15, 0.2) is 0 Å². The maximum Gasteiger partial charge on any atom is 0.330 e. The molecule has 16 heavy (non-hydrogen) atoms. The summed E-state index contributed by atoms with van der Waals surface area (Å²) in [5, 5.41) is 2.22. The third kappa shape index (κ3) is 1.47. The van der Waals surface area contributed by atoms with Gasteiger partial charge in [0.1, 0.15) is 5.41 Å². The van der Waals surface area contributed by atoms with Crippen molar-refractivity contribution in [2.45, 2.75) is 25.7 Å². The number of carbonyl (C=O) groups excluding carboxylic acids is 3. The second kappa shape index (κ2) is 3.63. The van der Waals surface area contributed by atoms with E-state index < -0.39 is 17.4 Å². The minimum absolute atomic E-state index is 0.282.